The summed E-state index contributed by atoms with van der Waals surface area (Å²) in [6, 6.07) is 0.795. The third-order valence-electron chi connectivity index (χ3n) is 4.06. The zero-order valence-corrected chi connectivity index (χ0v) is 12.8. The maximum atomic E-state index is 12.4. The molecule has 0 aromatic heterocycles. The fourth-order valence-electron chi connectivity index (χ4n) is 2.82. The first-order valence-electron chi connectivity index (χ1n) is 7.64. The Morgan fingerprint density at radius 1 is 1.10 bits per heavy atom. The second-order valence-corrected chi connectivity index (χ2v) is 5.64. The molecule has 0 aromatic carbocycles. The molecular weight excluding hydrogens is 267 g/mol. The van der Waals surface area contributed by atoms with Crippen LogP contribution in [0.15, 0.2) is 0 Å². The van der Waals surface area contributed by atoms with Gasteiger partial charge in [-0.15, -0.1) is 0 Å². The van der Waals surface area contributed by atoms with Gasteiger partial charge < -0.3 is 5.32 Å². The summed E-state index contributed by atoms with van der Waals surface area (Å²) in [4.78, 5) is 3.81. The van der Waals surface area contributed by atoms with Crippen molar-refractivity contribution in [2.24, 2.45) is 0 Å². The van der Waals surface area contributed by atoms with Crippen LogP contribution >= 0.6 is 0 Å². The normalized spacial score (nSPS) is 21.9. The molecule has 0 bridgehead atoms. The van der Waals surface area contributed by atoms with Gasteiger partial charge in [-0.05, 0) is 26.3 Å². The van der Waals surface area contributed by atoms with Crippen LogP contribution in [0.1, 0.15) is 33.6 Å². The van der Waals surface area contributed by atoms with E-state index in [0.29, 0.717) is 25.2 Å². The number of hydrogen-bond acceptors (Lipinski definition) is 3. The molecule has 0 spiro atoms. The lowest BCUT2D eigenvalue weighted by molar-refractivity contribution is -0.149. The monoisotopic (exact) mass is 295 g/mol. The van der Waals surface area contributed by atoms with Crippen molar-refractivity contribution in [2.45, 2.75) is 51.9 Å². The second kappa shape index (κ2) is 8.20. The molecule has 20 heavy (non-hydrogen) atoms. The van der Waals surface area contributed by atoms with E-state index >= 15 is 0 Å². The molecule has 1 aliphatic heterocycles. The quantitative estimate of drug-likeness (QED) is 0.778. The summed E-state index contributed by atoms with van der Waals surface area (Å²) in [7, 11) is 0. The summed E-state index contributed by atoms with van der Waals surface area (Å²) in [5.74, 6) is 0. The van der Waals surface area contributed by atoms with Crippen LogP contribution in [0.25, 0.3) is 0 Å². The zero-order valence-electron chi connectivity index (χ0n) is 12.8. The maximum Gasteiger partial charge on any atom is 0.401 e. The highest BCUT2D eigenvalue weighted by atomic mass is 19.4. The highest BCUT2D eigenvalue weighted by Crippen LogP contribution is 2.18. The Morgan fingerprint density at radius 2 is 1.70 bits per heavy atom. The van der Waals surface area contributed by atoms with Crippen LogP contribution in [0.5, 0.6) is 0 Å². The number of rotatable bonds is 7. The van der Waals surface area contributed by atoms with Gasteiger partial charge in [0, 0.05) is 38.3 Å². The number of alkyl halides is 3. The minimum absolute atomic E-state index is 0.375. The largest absolute Gasteiger partial charge is 0.401 e. The molecule has 1 N–H and O–H groups in total. The van der Waals surface area contributed by atoms with Gasteiger partial charge in [0.15, 0.2) is 0 Å². The van der Waals surface area contributed by atoms with Gasteiger partial charge in [-0.3, -0.25) is 9.80 Å². The molecule has 2 atom stereocenters. The van der Waals surface area contributed by atoms with Crippen molar-refractivity contribution in [2.75, 3.05) is 39.3 Å². The van der Waals surface area contributed by atoms with Crippen molar-refractivity contribution in [3.05, 3.63) is 0 Å². The highest BCUT2D eigenvalue weighted by molar-refractivity contribution is 4.84. The molecule has 0 aliphatic carbocycles. The van der Waals surface area contributed by atoms with Crippen LogP contribution in [-0.4, -0.2) is 67.3 Å². The van der Waals surface area contributed by atoms with Crippen molar-refractivity contribution in [1.82, 2.24) is 15.1 Å². The molecule has 1 saturated heterocycles. The predicted octanol–water partition coefficient (Wildman–Crippen LogP) is 2.33. The van der Waals surface area contributed by atoms with Crippen LogP contribution in [-0.2, 0) is 0 Å². The third kappa shape index (κ3) is 5.97. The van der Waals surface area contributed by atoms with Gasteiger partial charge in [-0.25, -0.2) is 0 Å². The van der Waals surface area contributed by atoms with E-state index in [0.717, 1.165) is 32.5 Å². The summed E-state index contributed by atoms with van der Waals surface area (Å²) in [6.07, 6.45) is -1.94. The standard InChI is InChI=1S/C14H28F3N3/c1-4-6-18-13(5-2)12(3)20-9-7-19(8-10-20)11-14(15,16)17/h12-13,18H,4-11H2,1-3H3. The topological polar surface area (TPSA) is 18.5 Å². The first kappa shape index (κ1) is 17.7. The van der Waals surface area contributed by atoms with E-state index < -0.39 is 12.7 Å². The van der Waals surface area contributed by atoms with Crippen LogP contribution in [0.2, 0.25) is 0 Å². The summed E-state index contributed by atoms with van der Waals surface area (Å²) in [5, 5.41) is 3.53. The summed E-state index contributed by atoms with van der Waals surface area (Å²) in [5.41, 5.74) is 0. The predicted molar refractivity (Wildman–Crippen MR) is 75.9 cm³/mol. The molecule has 0 amide bonds. The van der Waals surface area contributed by atoms with Crippen LogP contribution in [0.3, 0.4) is 0 Å². The first-order valence-corrected chi connectivity index (χ1v) is 7.64. The smallest absolute Gasteiger partial charge is 0.312 e. The van der Waals surface area contributed by atoms with E-state index in [2.05, 4.69) is 31.0 Å². The Balaban J connectivity index is 2.39. The van der Waals surface area contributed by atoms with E-state index in [1.807, 2.05) is 0 Å². The summed E-state index contributed by atoms with van der Waals surface area (Å²) in [6.45, 7) is 9.16. The van der Waals surface area contributed by atoms with Gasteiger partial charge in [0.1, 0.15) is 0 Å². The Labute approximate surface area is 120 Å². The number of nitrogens with one attached hydrogen (secondary N) is 1. The molecule has 1 fully saturated rings. The minimum atomic E-state index is -4.08. The van der Waals surface area contributed by atoms with Crippen molar-refractivity contribution in [3.63, 3.8) is 0 Å². The summed E-state index contributed by atoms with van der Waals surface area (Å²) >= 11 is 0. The third-order valence-corrected chi connectivity index (χ3v) is 4.06. The van der Waals surface area contributed by atoms with Crippen LogP contribution < -0.4 is 5.32 Å². The van der Waals surface area contributed by atoms with Crippen molar-refractivity contribution in [1.29, 1.82) is 0 Å². The fourth-order valence-corrected chi connectivity index (χ4v) is 2.82. The molecule has 0 radical (unpaired) electrons. The van der Waals surface area contributed by atoms with Crippen LogP contribution in [0, 0.1) is 0 Å². The number of nitrogens with zero attached hydrogens (tertiary/aromatic N) is 2. The summed E-state index contributed by atoms with van der Waals surface area (Å²) < 4.78 is 37.1. The Hall–Kier alpha value is -0.330. The second-order valence-electron chi connectivity index (χ2n) is 5.64. The molecule has 2 unspecified atom stereocenters. The molecule has 0 saturated carbocycles. The van der Waals surface area contributed by atoms with E-state index in [9.17, 15) is 13.2 Å². The fraction of sp³-hybridized carbons (Fsp3) is 1.00. The number of hydrogen-bond donors (Lipinski definition) is 1. The Bertz CT molecular complexity index is 263. The Morgan fingerprint density at radius 3 is 2.15 bits per heavy atom. The average Bonchev–Trinajstić information content (AvgIpc) is 2.38. The lowest BCUT2D eigenvalue weighted by Crippen LogP contribution is -2.56. The molecule has 0 aromatic rings. The van der Waals surface area contributed by atoms with Crippen molar-refractivity contribution < 1.29 is 13.2 Å². The van der Waals surface area contributed by atoms with E-state index in [1.165, 1.54) is 4.90 Å². The lowest BCUT2D eigenvalue weighted by Gasteiger charge is -2.41. The van der Waals surface area contributed by atoms with E-state index in [-0.39, 0.29) is 0 Å². The van der Waals surface area contributed by atoms with Crippen LogP contribution in [0.4, 0.5) is 13.2 Å². The van der Waals surface area contributed by atoms with E-state index in [1.54, 1.807) is 0 Å². The molecular formula is C14H28F3N3. The molecule has 6 heteroatoms. The average molecular weight is 295 g/mol. The van der Waals surface area contributed by atoms with Gasteiger partial charge in [-0.2, -0.15) is 13.2 Å². The van der Waals surface area contributed by atoms with Crippen molar-refractivity contribution in [3.8, 4) is 0 Å². The molecule has 3 nitrogen and oxygen atoms in total. The van der Waals surface area contributed by atoms with Gasteiger partial charge in [0.05, 0.1) is 6.54 Å². The molecule has 120 valence electrons. The first-order chi connectivity index (χ1) is 9.37. The van der Waals surface area contributed by atoms with Gasteiger partial charge in [0.25, 0.3) is 0 Å². The van der Waals surface area contributed by atoms with Gasteiger partial charge in [-0.1, -0.05) is 13.8 Å². The van der Waals surface area contributed by atoms with Crippen molar-refractivity contribution >= 4 is 0 Å². The maximum absolute atomic E-state index is 12.4. The minimum Gasteiger partial charge on any atom is -0.312 e. The SMILES string of the molecule is CCCNC(CC)C(C)N1CCN(CC(F)(F)F)CC1. The Kier molecular flexibility index (Phi) is 7.26. The van der Waals surface area contributed by atoms with Gasteiger partial charge >= 0.3 is 6.18 Å². The highest BCUT2D eigenvalue weighted by Gasteiger charge is 2.33. The van der Waals surface area contributed by atoms with E-state index in [4.69, 9.17) is 0 Å². The number of halogens is 3. The molecule has 1 aliphatic rings. The molecule has 1 rings (SSSR count). The van der Waals surface area contributed by atoms with Gasteiger partial charge in [0.2, 0.25) is 0 Å². The molecule has 1 heterocycles. The lowest BCUT2D eigenvalue weighted by atomic mass is 10.0. The number of piperazine rings is 1. The zero-order chi connectivity index (χ0) is 15.2.